The van der Waals surface area contributed by atoms with Gasteiger partial charge in [0.05, 0.1) is 12.1 Å². The molecule has 0 aliphatic heterocycles. The predicted octanol–water partition coefficient (Wildman–Crippen LogP) is 1.79. The van der Waals surface area contributed by atoms with E-state index in [1.54, 1.807) is 0 Å². The summed E-state index contributed by atoms with van der Waals surface area (Å²) in [4.78, 5) is 15.1. The highest BCUT2D eigenvalue weighted by atomic mass is 79.9. The van der Waals surface area contributed by atoms with Gasteiger partial charge in [0.2, 0.25) is 0 Å². The third-order valence-electron chi connectivity index (χ3n) is 1.42. The smallest absolute Gasteiger partial charge is 0.323 e. The summed E-state index contributed by atoms with van der Waals surface area (Å²) in [6.45, 7) is 0. The molecular formula is C7H11BrCl2N2O2S. The summed E-state index contributed by atoms with van der Waals surface area (Å²) in [6, 6.07) is -0.622. The Bertz CT molecular complexity index is 311. The SMILES string of the molecule is COC(=O)[C@@H](N)Cc1nc(Br)cs1.Cl.Cl. The number of aromatic nitrogens is 1. The van der Waals surface area contributed by atoms with Gasteiger partial charge in [-0.05, 0) is 15.9 Å². The van der Waals surface area contributed by atoms with E-state index in [0.29, 0.717) is 6.42 Å². The van der Waals surface area contributed by atoms with Crippen LogP contribution < -0.4 is 5.73 Å². The Balaban J connectivity index is 0. The summed E-state index contributed by atoms with van der Waals surface area (Å²) >= 11 is 4.68. The molecule has 8 heteroatoms. The molecule has 4 nitrogen and oxygen atoms in total. The first-order valence-corrected chi connectivity index (χ1v) is 5.24. The third kappa shape index (κ3) is 5.67. The lowest BCUT2D eigenvalue weighted by atomic mass is 10.2. The number of carbonyl (C=O) groups excluding carboxylic acids is 1. The minimum atomic E-state index is -0.622. The minimum Gasteiger partial charge on any atom is -0.468 e. The van der Waals surface area contributed by atoms with Crippen molar-refractivity contribution in [2.75, 3.05) is 7.11 Å². The second-order valence-corrected chi connectivity index (χ2v) is 4.15. The van der Waals surface area contributed by atoms with Gasteiger partial charge in [-0.1, -0.05) is 0 Å². The fraction of sp³-hybridized carbons (Fsp3) is 0.429. The van der Waals surface area contributed by atoms with Crippen LogP contribution in [0.5, 0.6) is 0 Å². The Morgan fingerprint density at radius 2 is 2.33 bits per heavy atom. The highest BCUT2D eigenvalue weighted by Gasteiger charge is 2.15. The number of methoxy groups -OCH3 is 1. The van der Waals surface area contributed by atoms with Gasteiger partial charge in [-0.15, -0.1) is 36.2 Å². The second kappa shape index (κ2) is 8.29. The minimum absolute atomic E-state index is 0. The normalized spacial score (nSPS) is 10.9. The van der Waals surface area contributed by atoms with E-state index in [4.69, 9.17) is 5.73 Å². The van der Waals surface area contributed by atoms with Crippen molar-refractivity contribution in [2.24, 2.45) is 5.73 Å². The molecular weight excluding hydrogens is 327 g/mol. The van der Waals surface area contributed by atoms with Crippen molar-refractivity contribution in [3.63, 3.8) is 0 Å². The number of esters is 1. The zero-order valence-corrected chi connectivity index (χ0v) is 11.8. The molecule has 0 spiro atoms. The Kier molecular flexibility index (Phi) is 9.68. The Hall–Kier alpha value is 0.120. The molecule has 0 aliphatic carbocycles. The largest absolute Gasteiger partial charge is 0.468 e. The lowest BCUT2D eigenvalue weighted by Gasteiger charge is -2.05. The van der Waals surface area contributed by atoms with Crippen molar-refractivity contribution in [3.8, 4) is 0 Å². The van der Waals surface area contributed by atoms with E-state index in [1.807, 2.05) is 5.38 Å². The molecule has 0 radical (unpaired) electrons. The summed E-state index contributed by atoms with van der Waals surface area (Å²) < 4.78 is 5.26. The van der Waals surface area contributed by atoms with Gasteiger partial charge in [-0.3, -0.25) is 4.79 Å². The zero-order valence-electron chi connectivity index (χ0n) is 7.81. The summed E-state index contributed by atoms with van der Waals surface area (Å²) in [5.41, 5.74) is 5.55. The first-order chi connectivity index (χ1) is 6.13. The number of nitrogens with two attached hydrogens (primary N) is 1. The number of halogens is 3. The number of hydrogen-bond donors (Lipinski definition) is 1. The van der Waals surface area contributed by atoms with Crippen LogP contribution in [0, 0.1) is 0 Å². The van der Waals surface area contributed by atoms with E-state index >= 15 is 0 Å². The molecule has 0 amide bonds. The van der Waals surface area contributed by atoms with Crippen LogP contribution in [0.3, 0.4) is 0 Å². The molecule has 0 fully saturated rings. The van der Waals surface area contributed by atoms with Gasteiger partial charge in [-0.25, -0.2) is 4.98 Å². The van der Waals surface area contributed by atoms with Crippen LogP contribution in [0.2, 0.25) is 0 Å². The molecule has 1 rings (SSSR count). The topological polar surface area (TPSA) is 65.2 Å². The maximum atomic E-state index is 10.9. The standard InChI is InChI=1S/C7H9BrN2O2S.2ClH/c1-12-7(11)4(9)2-6-10-5(8)3-13-6;;/h3-4H,2,9H2,1H3;2*1H/t4-;;/m0../s1. The van der Waals surface area contributed by atoms with Gasteiger partial charge in [0.15, 0.2) is 0 Å². The van der Waals surface area contributed by atoms with E-state index in [2.05, 4.69) is 25.7 Å². The summed E-state index contributed by atoms with van der Waals surface area (Å²) in [7, 11) is 1.32. The number of nitrogens with zero attached hydrogens (tertiary/aromatic N) is 1. The highest BCUT2D eigenvalue weighted by Crippen LogP contribution is 2.15. The number of thiazole rings is 1. The van der Waals surface area contributed by atoms with Crippen molar-refractivity contribution in [2.45, 2.75) is 12.5 Å². The van der Waals surface area contributed by atoms with Gasteiger partial charge in [-0.2, -0.15) is 0 Å². The molecule has 2 N–H and O–H groups in total. The molecule has 0 saturated heterocycles. The number of hydrogen-bond acceptors (Lipinski definition) is 5. The Labute approximate surface area is 113 Å². The van der Waals surface area contributed by atoms with Crippen LogP contribution in [0.4, 0.5) is 0 Å². The van der Waals surface area contributed by atoms with Gasteiger partial charge < -0.3 is 10.5 Å². The van der Waals surface area contributed by atoms with Crippen LogP contribution in [-0.4, -0.2) is 24.1 Å². The van der Waals surface area contributed by atoms with Crippen molar-refractivity contribution in [1.82, 2.24) is 4.98 Å². The molecule has 1 heterocycles. The first-order valence-electron chi connectivity index (χ1n) is 3.57. The van der Waals surface area contributed by atoms with Crippen LogP contribution in [0.25, 0.3) is 0 Å². The molecule has 0 aromatic carbocycles. The van der Waals surface area contributed by atoms with Gasteiger partial charge in [0.25, 0.3) is 0 Å². The fourth-order valence-corrected chi connectivity index (χ4v) is 2.13. The third-order valence-corrected chi connectivity index (χ3v) is 3.00. The van der Waals surface area contributed by atoms with Gasteiger partial charge in [0, 0.05) is 11.8 Å². The Morgan fingerprint density at radius 1 is 1.73 bits per heavy atom. The Morgan fingerprint density at radius 3 is 2.73 bits per heavy atom. The van der Waals surface area contributed by atoms with Gasteiger partial charge >= 0.3 is 5.97 Å². The quantitative estimate of drug-likeness (QED) is 0.854. The lowest BCUT2D eigenvalue weighted by molar-refractivity contribution is -0.142. The van der Waals surface area contributed by atoms with Crippen LogP contribution in [0.1, 0.15) is 5.01 Å². The zero-order chi connectivity index (χ0) is 9.84. The summed E-state index contributed by atoms with van der Waals surface area (Å²) in [5.74, 6) is -0.411. The summed E-state index contributed by atoms with van der Waals surface area (Å²) in [5, 5.41) is 2.67. The van der Waals surface area contributed by atoms with E-state index < -0.39 is 12.0 Å². The van der Waals surface area contributed by atoms with Crippen molar-refractivity contribution in [3.05, 3.63) is 15.0 Å². The monoisotopic (exact) mass is 336 g/mol. The molecule has 1 aromatic heterocycles. The highest BCUT2D eigenvalue weighted by molar-refractivity contribution is 9.10. The van der Waals surface area contributed by atoms with Crippen LogP contribution >= 0.6 is 52.1 Å². The maximum absolute atomic E-state index is 10.9. The number of ether oxygens (including phenoxy) is 1. The predicted molar refractivity (Wildman–Crippen MR) is 68.0 cm³/mol. The van der Waals surface area contributed by atoms with Crippen molar-refractivity contribution in [1.29, 1.82) is 0 Å². The van der Waals surface area contributed by atoms with Gasteiger partial charge in [0.1, 0.15) is 10.6 Å². The molecule has 0 saturated carbocycles. The van der Waals surface area contributed by atoms with E-state index in [9.17, 15) is 4.79 Å². The van der Waals surface area contributed by atoms with Crippen molar-refractivity contribution >= 4 is 58.1 Å². The fourth-order valence-electron chi connectivity index (χ4n) is 0.805. The molecule has 0 aliphatic rings. The second-order valence-electron chi connectivity index (χ2n) is 2.40. The average Bonchev–Trinajstić information content (AvgIpc) is 2.49. The average molecular weight is 338 g/mol. The van der Waals surface area contributed by atoms with Crippen LogP contribution in [-0.2, 0) is 16.0 Å². The van der Waals surface area contributed by atoms with E-state index in [0.717, 1.165) is 9.61 Å². The van der Waals surface area contributed by atoms with E-state index in [1.165, 1.54) is 18.4 Å². The van der Waals surface area contributed by atoms with Crippen molar-refractivity contribution < 1.29 is 9.53 Å². The van der Waals surface area contributed by atoms with Crippen LogP contribution in [0.15, 0.2) is 9.98 Å². The molecule has 88 valence electrons. The first kappa shape index (κ1) is 17.5. The maximum Gasteiger partial charge on any atom is 0.323 e. The van der Waals surface area contributed by atoms with E-state index in [-0.39, 0.29) is 24.8 Å². The lowest BCUT2D eigenvalue weighted by Crippen LogP contribution is -2.33. The summed E-state index contributed by atoms with van der Waals surface area (Å²) in [6.07, 6.45) is 0.420. The molecule has 1 atom stereocenters. The molecule has 1 aromatic rings. The molecule has 0 bridgehead atoms. The molecule has 0 unspecified atom stereocenters. The number of rotatable bonds is 3. The number of carbonyl (C=O) groups is 1. The molecule has 15 heavy (non-hydrogen) atoms.